The first-order valence-corrected chi connectivity index (χ1v) is 9.40. The summed E-state index contributed by atoms with van der Waals surface area (Å²) in [5, 5.41) is 16.2. The number of carbonyl (C=O) groups excluding carboxylic acids is 1. The molecule has 29 heavy (non-hydrogen) atoms. The van der Waals surface area contributed by atoms with E-state index in [0.29, 0.717) is 17.1 Å². The first kappa shape index (κ1) is 18.9. The Morgan fingerprint density at radius 3 is 2.66 bits per heavy atom. The van der Waals surface area contributed by atoms with Gasteiger partial charge in [-0.1, -0.05) is 23.7 Å². The lowest BCUT2D eigenvalue weighted by atomic mass is 9.98. The van der Waals surface area contributed by atoms with Gasteiger partial charge in [-0.15, -0.1) is 0 Å². The highest BCUT2D eigenvalue weighted by Crippen LogP contribution is 2.37. The molecule has 2 heterocycles. The predicted octanol–water partition coefficient (Wildman–Crippen LogP) is 4.47. The average Bonchev–Trinajstić information content (AvgIpc) is 3.18. The van der Waals surface area contributed by atoms with Gasteiger partial charge in [0.1, 0.15) is 10.9 Å². The van der Waals surface area contributed by atoms with Crippen molar-refractivity contribution >= 4 is 34.1 Å². The summed E-state index contributed by atoms with van der Waals surface area (Å²) in [6.45, 7) is 1.48. The number of rotatable bonds is 3. The molecule has 144 valence electrons. The summed E-state index contributed by atoms with van der Waals surface area (Å²) in [7, 11) is 1.61. The van der Waals surface area contributed by atoms with E-state index in [-0.39, 0.29) is 11.9 Å². The standard InChI is InChI=1S/C22H17ClN4O2/c1-13(28)27-21(11-20(26-27)15-5-3-14(12-24)4-6-15)18-10-16-9-17(29-2)7-8-19(16)25-22(18)23/h3-10,21H,11H2,1-2H3/t21-/m0/s1. The Kier molecular flexibility index (Phi) is 4.91. The summed E-state index contributed by atoms with van der Waals surface area (Å²) >= 11 is 6.49. The Hall–Kier alpha value is -3.43. The molecule has 7 heteroatoms. The molecular formula is C22H17ClN4O2. The van der Waals surface area contributed by atoms with Crippen LogP contribution in [0.1, 0.15) is 36.1 Å². The summed E-state index contributed by atoms with van der Waals surface area (Å²) in [5.74, 6) is 0.539. The second-order valence-corrected chi connectivity index (χ2v) is 7.10. The lowest BCUT2D eigenvalue weighted by Gasteiger charge is -2.21. The molecule has 0 radical (unpaired) electrons. The molecule has 4 rings (SSSR count). The predicted molar refractivity (Wildman–Crippen MR) is 111 cm³/mol. The molecule has 1 aromatic heterocycles. The van der Waals surface area contributed by atoms with Crippen molar-refractivity contribution in [3.8, 4) is 11.8 Å². The van der Waals surface area contributed by atoms with E-state index in [9.17, 15) is 4.79 Å². The van der Waals surface area contributed by atoms with Gasteiger partial charge < -0.3 is 4.74 Å². The minimum Gasteiger partial charge on any atom is -0.497 e. The molecule has 1 amide bonds. The van der Waals surface area contributed by atoms with Crippen LogP contribution in [-0.2, 0) is 4.79 Å². The van der Waals surface area contributed by atoms with Crippen molar-refractivity contribution in [3.05, 3.63) is 70.4 Å². The molecule has 1 aliphatic heterocycles. The fraction of sp³-hybridized carbons (Fsp3) is 0.182. The molecule has 3 aromatic rings. The summed E-state index contributed by atoms with van der Waals surface area (Å²) < 4.78 is 5.30. The molecule has 0 saturated carbocycles. The first-order valence-electron chi connectivity index (χ1n) is 9.02. The Labute approximate surface area is 173 Å². The van der Waals surface area contributed by atoms with Crippen molar-refractivity contribution in [1.82, 2.24) is 9.99 Å². The molecule has 0 N–H and O–H groups in total. The first-order chi connectivity index (χ1) is 14.0. The number of methoxy groups -OCH3 is 1. The number of nitriles is 1. The van der Waals surface area contributed by atoms with Crippen LogP contribution in [0.25, 0.3) is 10.9 Å². The molecule has 2 aromatic carbocycles. The van der Waals surface area contributed by atoms with Gasteiger partial charge in [0.25, 0.3) is 0 Å². The third-order valence-electron chi connectivity index (χ3n) is 4.94. The van der Waals surface area contributed by atoms with Crippen LogP contribution >= 0.6 is 11.6 Å². The fourth-order valence-corrected chi connectivity index (χ4v) is 3.73. The van der Waals surface area contributed by atoms with E-state index in [2.05, 4.69) is 16.2 Å². The van der Waals surface area contributed by atoms with Crippen LogP contribution in [0.2, 0.25) is 5.15 Å². The van der Waals surface area contributed by atoms with Gasteiger partial charge in [0, 0.05) is 24.3 Å². The van der Waals surface area contributed by atoms with Gasteiger partial charge in [-0.25, -0.2) is 9.99 Å². The van der Waals surface area contributed by atoms with E-state index in [4.69, 9.17) is 21.6 Å². The van der Waals surface area contributed by atoms with Gasteiger partial charge in [0.15, 0.2) is 0 Å². The number of benzene rings is 2. The van der Waals surface area contributed by atoms with E-state index >= 15 is 0 Å². The van der Waals surface area contributed by atoms with Crippen molar-refractivity contribution in [2.45, 2.75) is 19.4 Å². The van der Waals surface area contributed by atoms with Crippen LogP contribution in [0, 0.1) is 11.3 Å². The van der Waals surface area contributed by atoms with Gasteiger partial charge in [-0.3, -0.25) is 4.79 Å². The molecular weight excluding hydrogens is 388 g/mol. The number of ether oxygens (including phenoxy) is 1. The number of halogens is 1. The Morgan fingerprint density at radius 2 is 2.00 bits per heavy atom. The quantitative estimate of drug-likeness (QED) is 0.603. The molecule has 6 nitrogen and oxygen atoms in total. The summed E-state index contributed by atoms with van der Waals surface area (Å²) in [6.07, 6.45) is 0.502. The zero-order chi connectivity index (χ0) is 20.5. The van der Waals surface area contributed by atoms with E-state index in [1.54, 1.807) is 19.2 Å². The molecule has 1 atom stereocenters. The minimum absolute atomic E-state index is 0.180. The second kappa shape index (κ2) is 7.53. The van der Waals surface area contributed by atoms with E-state index < -0.39 is 0 Å². The summed E-state index contributed by atoms with van der Waals surface area (Å²) in [5.41, 5.74) is 3.68. The smallest absolute Gasteiger partial charge is 0.240 e. The number of hydrogen-bond acceptors (Lipinski definition) is 5. The Bertz CT molecular complexity index is 1180. The number of fused-ring (bicyclic) bond motifs is 1. The molecule has 0 spiro atoms. The SMILES string of the molecule is COc1ccc2nc(Cl)c([C@@H]3CC(c4ccc(C#N)cc4)=NN3C(C)=O)cc2c1. The van der Waals surface area contributed by atoms with Crippen molar-refractivity contribution in [2.24, 2.45) is 5.10 Å². The number of aromatic nitrogens is 1. The summed E-state index contributed by atoms with van der Waals surface area (Å²) in [4.78, 5) is 16.8. The number of hydrazone groups is 1. The molecule has 0 saturated heterocycles. The average molecular weight is 405 g/mol. The monoisotopic (exact) mass is 404 g/mol. The molecule has 0 unspecified atom stereocenters. The van der Waals surface area contributed by atoms with E-state index in [1.165, 1.54) is 11.9 Å². The van der Waals surface area contributed by atoms with Crippen molar-refractivity contribution in [3.63, 3.8) is 0 Å². The van der Waals surface area contributed by atoms with Crippen LogP contribution in [0.3, 0.4) is 0 Å². The highest BCUT2D eigenvalue weighted by atomic mass is 35.5. The van der Waals surface area contributed by atoms with Crippen molar-refractivity contribution < 1.29 is 9.53 Å². The lowest BCUT2D eigenvalue weighted by Crippen LogP contribution is -2.24. The van der Waals surface area contributed by atoms with Gasteiger partial charge in [0.05, 0.1) is 36.0 Å². The highest BCUT2D eigenvalue weighted by molar-refractivity contribution is 6.30. The van der Waals surface area contributed by atoms with Crippen LogP contribution in [0.5, 0.6) is 5.75 Å². The zero-order valence-corrected chi connectivity index (χ0v) is 16.6. The lowest BCUT2D eigenvalue weighted by molar-refractivity contribution is -0.130. The van der Waals surface area contributed by atoms with E-state index in [1.807, 2.05) is 36.4 Å². The normalized spacial score (nSPS) is 15.9. The number of carbonyl (C=O) groups is 1. The highest BCUT2D eigenvalue weighted by Gasteiger charge is 2.33. The van der Waals surface area contributed by atoms with Crippen LogP contribution in [-0.4, -0.2) is 28.7 Å². The summed E-state index contributed by atoms with van der Waals surface area (Å²) in [6, 6.07) is 16.4. The molecule has 1 aliphatic rings. The number of pyridine rings is 1. The molecule has 0 fully saturated rings. The van der Waals surface area contributed by atoms with Crippen molar-refractivity contribution in [2.75, 3.05) is 7.11 Å². The van der Waals surface area contributed by atoms with Gasteiger partial charge in [-0.05, 0) is 42.0 Å². The Morgan fingerprint density at radius 1 is 1.24 bits per heavy atom. The van der Waals surface area contributed by atoms with E-state index in [0.717, 1.165) is 33.5 Å². The van der Waals surface area contributed by atoms with Gasteiger partial charge in [-0.2, -0.15) is 10.4 Å². The maximum absolute atomic E-state index is 12.3. The van der Waals surface area contributed by atoms with Crippen LogP contribution < -0.4 is 4.74 Å². The van der Waals surface area contributed by atoms with Crippen molar-refractivity contribution in [1.29, 1.82) is 5.26 Å². The van der Waals surface area contributed by atoms with Gasteiger partial charge >= 0.3 is 0 Å². The third-order valence-corrected chi connectivity index (χ3v) is 5.24. The topological polar surface area (TPSA) is 78.6 Å². The number of nitrogens with zero attached hydrogens (tertiary/aromatic N) is 4. The minimum atomic E-state index is -0.353. The second-order valence-electron chi connectivity index (χ2n) is 6.75. The fourth-order valence-electron chi connectivity index (χ4n) is 3.46. The number of amides is 1. The maximum Gasteiger partial charge on any atom is 0.240 e. The number of hydrogen-bond donors (Lipinski definition) is 0. The largest absolute Gasteiger partial charge is 0.497 e. The third kappa shape index (κ3) is 3.53. The molecule has 0 bridgehead atoms. The van der Waals surface area contributed by atoms with Crippen LogP contribution in [0.15, 0.2) is 53.6 Å². The Balaban J connectivity index is 1.74. The maximum atomic E-state index is 12.3. The molecule has 0 aliphatic carbocycles. The van der Waals surface area contributed by atoms with Crippen LogP contribution in [0.4, 0.5) is 0 Å². The van der Waals surface area contributed by atoms with Gasteiger partial charge in [0.2, 0.25) is 5.91 Å². The zero-order valence-electron chi connectivity index (χ0n) is 15.9.